The Morgan fingerprint density at radius 2 is 2.00 bits per heavy atom. The van der Waals surface area contributed by atoms with E-state index in [4.69, 9.17) is 17.3 Å². The average Bonchev–Trinajstić information content (AvgIpc) is 3.00. The summed E-state index contributed by atoms with van der Waals surface area (Å²) in [4.78, 5) is 4.59. The first kappa shape index (κ1) is 14.2. The van der Waals surface area contributed by atoms with Gasteiger partial charge in [0.05, 0.1) is 10.7 Å². The van der Waals surface area contributed by atoms with Crippen molar-refractivity contribution in [1.29, 1.82) is 0 Å². The van der Waals surface area contributed by atoms with E-state index in [-0.39, 0.29) is 5.02 Å². The molecule has 3 aromatic rings. The smallest absolute Gasteiger partial charge is 0.141 e. The van der Waals surface area contributed by atoms with Crippen LogP contribution in [0, 0.1) is 5.82 Å². The van der Waals surface area contributed by atoms with E-state index in [2.05, 4.69) is 4.98 Å². The minimum atomic E-state index is -0.423. The Morgan fingerprint density at radius 3 is 2.76 bits per heavy atom. The van der Waals surface area contributed by atoms with Gasteiger partial charge in [-0.2, -0.15) is 0 Å². The van der Waals surface area contributed by atoms with E-state index in [0.29, 0.717) is 6.54 Å². The number of rotatable bonds is 3. The molecule has 2 N–H and O–H groups in total. The number of hydrogen-bond acceptors (Lipinski definition) is 3. The van der Waals surface area contributed by atoms with Crippen LogP contribution in [0.1, 0.15) is 5.56 Å². The zero-order valence-electron chi connectivity index (χ0n) is 11.0. The van der Waals surface area contributed by atoms with Crippen LogP contribution < -0.4 is 5.73 Å². The third kappa shape index (κ3) is 2.97. The summed E-state index contributed by atoms with van der Waals surface area (Å²) < 4.78 is 13.2. The second-order valence-corrected chi connectivity index (χ2v) is 5.84. The molecule has 0 saturated heterocycles. The second-order valence-electron chi connectivity index (χ2n) is 4.57. The van der Waals surface area contributed by atoms with Crippen LogP contribution in [0.25, 0.3) is 21.8 Å². The van der Waals surface area contributed by atoms with Crippen LogP contribution >= 0.6 is 22.9 Å². The fourth-order valence-corrected chi connectivity index (χ4v) is 3.03. The van der Waals surface area contributed by atoms with Crippen LogP contribution in [0.2, 0.25) is 5.02 Å². The van der Waals surface area contributed by atoms with Crippen molar-refractivity contribution >= 4 is 22.9 Å². The van der Waals surface area contributed by atoms with Crippen LogP contribution in [0.3, 0.4) is 0 Å². The Balaban J connectivity index is 1.97. The zero-order chi connectivity index (χ0) is 14.8. The van der Waals surface area contributed by atoms with Crippen molar-refractivity contribution in [2.45, 2.75) is 6.54 Å². The summed E-state index contributed by atoms with van der Waals surface area (Å²) in [5.74, 6) is -0.423. The van der Waals surface area contributed by atoms with Crippen LogP contribution in [0.15, 0.2) is 47.8 Å². The third-order valence-corrected chi connectivity index (χ3v) is 4.31. The molecule has 0 aliphatic carbocycles. The van der Waals surface area contributed by atoms with E-state index in [1.807, 2.05) is 29.6 Å². The molecule has 0 amide bonds. The van der Waals surface area contributed by atoms with Crippen LogP contribution in [0.4, 0.5) is 4.39 Å². The topological polar surface area (TPSA) is 38.9 Å². The van der Waals surface area contributed by atoms with Gasteiger partial charge in [-0.25, -0.2) is 9.37 Å². The highest BCUT2D eigenvalue weighted by molar-refractivity contribution is 7.13. The first-order valence-electron chi connectivity index (χ1n) is 6.37. The highest BCUT2D eigenvalue weighted by atomic mass is 35.5. The molecule has 0 bridgehead atoms. The molecule has 5 heteroatoms. The SMILES string of the molecule is NCc1cccc(-c2csc(-c3ccc(F)c(Cl)c3)n2)c1. The molecular formula is C16H12ClFN2S. The standard InChI is InChI=1S/C16H12ClFN2S/c17-13-7-12(4-5-14(13)18)16-20-15(9-21-16)11-3-1-2-10(6-11)8-19/h1-7,9H,8,19H2. The first-order valence-corrected chi connectivity index (χ1v) is 7.63. The zero-order valence-corrected chi connectivity index (χ0v) is 12.6. The molecule has 0 saturated carbocycles. The number of hydrogen-bond donors (Lipinski definition) is 1. The lowest BCUT2D eigenvalue weighted by atomic mass is 10.1. The molecule has 3 rings (SSSR count). The van der Waals surface area contributed by atoms with E-state index >= 15 is 0 Å². The van der Waals surface area contributed by atoms with Gasteiger partial charge in [0.1, 0.15) is 10.8 Å². The maximum absolute atomic E-state index is 13.2. The van der Waals surface area contributed by atoms with Crippen LogP contribution in [-0.2, 0) is 6.54 Å². The number of thiazole rings is 1. The minimum absolute atomic E-state index is 0.106. The van der Waals surface area contributed by atoms with Gasteiger partial charge in [0.25, 0.3) is 0 Å². The van der Waals surface area contributed by atoms with Crippen molar-refractivity contribution < 1.29 is 4.39 Å². The van der Waals surface area contributed by atoms with Gasteiger partial charge in [-0.05, 0) is 29.8 Å². The molecular weight excluding hydrogens is 307 g/mol. The largest absolute Gasteiger partial charge is 0.326 e. The van der Waals surface area contributed by atoms with Gasteiger partial charge < -0.3 is 5.73 Å². The monoisotopic (exact) mass is 318 g/mol. The van der Waals surface area contributed by atoms with E-state index in [1.165, 1.54) is 17.4 Å². The van der Waals surface area contributed by atoms with Gasteiger partial charge in [-0.1, -0.05) is 29.8 Å². The van der Waals surface area contributed by atoms with Gasteiger partial charge in [0, 0.05) is 23.1 Å². The van der Waals surface area contributed by atoms with Crippen LogP contribution in [-0.4, -0.2) is 4.98 Å². The summed E-state index contributed by atoms with van der Waals surface area (Å²) in [6.07, 6.45) is 0. The Bertz CT molecular complexity index is 785. The van der Waals surface area contributed by atoms with Crippen molar-refractivity contribution in [3.05, 3.63) is 64.2 Å². The summed E-state index contributed by atoms with van der Waals surface area (Å²) in [7, 11) is 0. The highest BCUT2D eigenvalue weighted by Gasteiger charge is 2.09. The number of halogens is 2. The summed E-state index contributed by atoms with van der Waals surface area (Å²) in [6, 6.07) is 12.6. The fraction of sp³-hybridized carbons (Fsp3) is 0.0625. The molecule has 0 aliphatic heterocycles. The molecule has 0 atom stereocenters. The highest BCUT2D eigenvalue weighted by Crippen LogP contribution is 2.31. The van der Waals surface area contributed by atoms with Gasteiger partial charge in [-0.3, -0.25) is 0 Å². The lowest BCUT2D eigenvalue weighted by molar-refractivity contribution is 0.628. The maximum Gasteiger partial charge on any atom is 0.141 e. The predicted molar refractivity (Wildman–Crippen MR) is 85.8 cm³/mol. The van der Waals surface area contributed by atoms with Gasteiger partial charge >= 0.3 is 0 Å². The molecule has 2 nitrogen and oxygen atoms in total. The Morgan fingerprint density at radius 1 is 1.14 bits per heavy atom. The average molecular weight is 319 g/mol. The maximum atomic E-state index is 13.2. The predicted octanol–water partition coefficient (Wildman–Crippen LogP) is 4.73. The summed E-state index contributed by atoms with van der Waals surface area (Å²) >= 11 is 7.32. The fourth-order valence-electron chi connectivity index (χ4n) is 2.03. The Kier molecular flexibility index (Phi) is 4.01. The van der Waals surface area contributed by atoms with Crippen molar-refractivity contribution in [2.75, 3.05) is 0 Å². The van der Waals surface area contributed by atoms with E-state index < -0.39 is 5.82 Å². The molecule has 0 radical (unpaired) electrons. The number of benzene rings is 2. The van der Waals surface area contributed by atoms with E-state index in [0.717, 1.165) is 27.4 Å². The quantitative estimate of drug-likeness (QED) is 0.758. The molecule has 0 aliphatic rings. The molecule has 1 aromatic heterocycles. The normalized spacial score (nSPS) is 10.8. The van der Waals surface area contributed by atoms with Crippen molar-refractivity contribution in [3.8, 4) is 21.8 Å². The summed E-state index contributed by atoms with van der Waals surface area (Å²) in [5.41, 5.74) is 9.43. The lowest BCUT2D eigenvalue weighted by Gasteiger charge is -2.01. The Labute approximate surface area is 131 Å². The number of nitrogens with two attached hydrogens (primary N) is 1. The van der Waals surface area contributed by atoms with Gasteiger partial charge in [0.2, 0.25) is 0 Å². The summed E-state index contributed by atoms with van der Waals surface area (Å²) in [6.45, 7) is 0.498. The third-order valence-electron chi connectivity index (χ3n) is 3.13. The Hall–Kier alpha value is -1.75. The minimum Gasteiger partial charge on any atom is -0.326 e. The first-order chi connectivity index (χ1) is 10.2. The van der Waals surface area contributed by atoms with Crippen molar-refractivity contribution in [3.63, 3.8) is 0 Å². The second kappa shape index (κ2) is 5.93. The van der Waals surface area contributed by atoms with Crippen molar-refractivity contribution in [1.82, 2.24) is 4.98 Å². The van der Waals surface area contributed by atoms with E-state index in [9.17, 15) is 4.39 Å². The lowest BCUT2D eigenvalue weighted by Crippen LogP contribution is -1.95. The molecule has 106 valence electrons. The molecule has 0 unspecified atom stereocenters. The number of aromatic nitrogens is 1. The van der Waals surface area contributed by atoms with E-state index in [1.54, 1.807) is 12.1 Å². The van der Waals surface area contributed by atoms with Crippen molar-refractivity contribution in [2.24, 2.45) is 5.73 Å². The molecule has 2 aromatic carbocycles. The van der Waals surface area contributed by atoms with Gasteiger partial charge in [-0.15, -0.1) is 11.3 Å². The molecule has 0 fully saturated rings. The number of nitrogens with zero attached hydrogens (tertiary/aromatic N) is 1. The molecule has 21 heavy (non-hydrogen) atoms. The molecule has 0 spiro atoms. The summed E-state index contributed by atoms with van der Waals surface area (Å²) in [5, 5.41) is 2.89. The van der Waals surface area contributed by atoms with Gasteiger partial charge in [0.15, 0.2) is 0 Å². The van der Waals surface area contributed by atoms with Crippen LogP contribution in [0.5, 0.6) is 0 Å². The molecule has 1 heterocycles.